The van der Waals surface area contributed by atoms with Gasteiger partial charge in [-0.05, 0) is 48.6 Å². The summed E-state index contributed by atoms with van der Waals surface area (Å²) in [6.45, 7) is 4.79. The number of aliphatic hydroxyl groups is 1. The number of carbonyl (C=O) groups is 3. The Morgan fingerprint density at radius 2 is 1.63 bits per heavy atom. The third kappa shape index (κ3) is 8.22. The van der Waals surface area contributed by atoms with Crippen LogP contribution in [0.4, 0.5) is 10.5 Å². The van der Waals surface area contributed by atoms with Crippen molar-refractivity contribution in [3.63, 3.8) is 0 Å². The lowest BCUT2D eigenvalue weighted by atomic mass is 9.85. The number of hydrogen-bond acceptors (Lipinski definition) is 9. The normalized spacial score (nSPS) is 22.0. The summed E-state index contributed by atoms with van der Waals surface area (Å²) in [5.74, 6) is -0.392. The molecule has 0 aliphatic carbocycles. The molecule has 49 heavy (non-hydrogen) atoms. The molecule has 0 unspecified atom stereocenters. The van der Waals surface area contributed by atoms with E-state index >= 15 is 0 Å². The van der Waals surface area contributed by atoms with Gasteiger partial charge < -0.3 is 45.1 Å². The standard InChI is InChI=1S/C37H45N5O7/c1-2-47-33(44)22-39-36(46)38-21-26-8-14-29(15-9-26)34-48-31(20-32(49-34)28-12-10-27(24-43)11-13-28)23-41-18-16-37(17-19-41)35(45)40-25-42(37)30-6-4-3-5-7-30/h3-15,31-32,34,43H,2,16-25H2,1H3,(H,40,45)(H2,38,39,46)/t31-,32+,34+/m0/s1. The van der Waals surface area contributed by atoms with Crippen LogP contribution in [0.25, 0.3) is 0 Å². The maximum absolute atomic E-state index is 13.2. The van der Waals surface area contributed by atoms with E-state index in [2.05, 4.69) is 37.9 Å². The molecular formula is C37H45N5O7. The Labute approximate surface area is 286 Å². The van der Waals surface area contributed by atoms with Gasteiger partial charge in [0.1, 0.15) is 12.1 Å². The quantitative estimate of drug-likeness (QED) is 0.226. The number of rotatable bonds is 11. The number of hydrogen-bond donors (Lipinski definition) is 4. The first-order valence-corrected chi connectivity index (χ1v) is 17.0. The molecule has 0 aromatic heterocycles. The monoisotopic (exact) mass is 671 g/mol. The lowest BCUT2D eigenvalue weighted by Gasteiger charge is -2.45. The summed E-state index contributed by atoms with van der Waals surface area (Å²) in [6.07, 6.45) is 1.16. The van der Waals surface area contributed by atoms with Crippen LogP contribution >= 0.6 is 0 Å². The van der Waals surface area contributed by atoms with E-state index in [0.717, 1.165) is 53.9 Å². The topological polar surface area (TPSA) is 142 Å². The van der Waals surface area contributed by atoms with Crippen molar-refractivity contribution in [1.29, 1.82) is 0 Å². The Hall–Kier alpha value is -4.49. The molecule has 260 valence electrons. The molecule has 6 rings (SSSR count). The summed E-state index contributed by atoms with van der Waals surface area (Å²) in [7, 11) is 0. The summed E-state index contributed by atoms with van der Waals surface area (Å²) < 4.78 is 18.0. The SMILES string of the molecule is CCOC(=O)CNC(=O)NCc1ccc([C@@H]2O[C@H](CN3CCC4(CC3)C(=O)NCN4c3ccccc3)C[C@H](c3ccc(CO)cc3)O2)cc1. The number of nitrogens with zero attached hydrogens (tertiary/aromatic N) is 2. The van der Waals surface area contributed by atoms with Gasteiger partial charge in [-0.1, -0.05) is 66.7 Å². The summed E-state index contributed by atoms with van der Waals surface area (Å²) >= 11 is 0. The maximum Gasteiger partial charge on any atom is 0.325 e. The van der Waals surface area contributed by atoms with Crippen LogP contribution in [-0.2, 0) is 37.0 Å². The number of esters is 1. The average Bonchev–Trinajstić information content (AvgIpc) is 3.45. The third-order valence-electron chi connectivity index (χ3n) is 9.57. The molecule has 12 nitrogen and oxygen atoms in total. The van der Waals surface area contributed by atoms with E-state index < -0.39 is 23.8 Å². The summed E-state index contributed by atoms with van der Waals surface area (Å²) in [6, 6.07) is 25.2. The molecule has 1 spiro atoms. The van der Waals surface area contributed by atoms with Gasteiger partial charge >= 0.3 is 12.0 Å². The molecule has 0 bridgehead atoms. The van der Waals surface area contributed by atoms with E-state index in [0.29, 0.717) is 19.6 Å². The highest BCUT2D eigenvalue weighted by Gasteiger charge is 2.50. The first kappa shape index (κ1) is 34.4. The van der Waals surface area contributed by atoms with Crippen LogP contribution in [-0.4, -0.2) is 79.0 Å². The van der Waals surface area contributed by atoms with E-state index in [4.69, 9.17) is 14.2 Å². The molecular weight excluding hydrogens is 626 g/mol. The zero-order valence-corrected chi connectivity index (χ0v) is 27.8. The van der Waals surface area contributed by atoms with Crippen molar-refractivity contribution in [2.45, 2.75) is 63.4 Å². The van der Waals surface area contributed by atoms with E-state index in [9.17, 15) is 19.5 Å². The highest BCUT2D eigenvalue weighted by Crippen LogP contribution is 2.40. The number of nitrogens with one attached hydrogen (secondary N) is 3. The van der Waals surface area contributed by atoms with Crippen LogP contribution < -0.4 is 20.9 Å². The second-order valence-corrected chi connectivity index (χ2v) is 12.7. The summed E-state index contributed by atoms with van der Waals surface area (Å²) in [5, 5.41) is 17.9. The number of likely N-dealkylation sites (tertiary alicyclic amines) is 1. The zero-order chi connectivity index (χ0) is 34.2. The van der Waals surface area contributed by atoms with E-state index in [1.54, 1.807) is 6.92 Å². The predicted octanol–water partition coefficient (Wildman–Crippen LogP) is 3.52. The number of para-hydroxylation sites is 1. The van der Waals surface area contributed by atoms with Crippen LogP contribution in [0.1, 0.15) is 60.8 Å². The molecule has 3 saturated heterocycles. The Morgan fingerprint density at radius 3 is 2.33 bits per heavy atom. The zero-order valence-electron chi connectivity index (χ0n) is 27.8. The number of anilines is 1. The molecule has 3 aromatic rings. The molecule has 3 aliphatic heterocycles. The molecule has 3 fully saturated rings. The minimum absolute atomic E-state index is 0.0232. The number of aliphatic hydroxyl groups excluding tert-OH is 1. The molecule has 0 saturated carbocycles. The van der Waals surface area contributed by atoms with Crippen molar-refractivity contribution in [3.05, 3.63) is 101 Å². The molecule has 4 N–H and O–H groups in total. The van der Waals surface area contributed by atoms with Crippen molar-refractivity contribution >= 4 is 23.6 Å². The minimum Gasteiger partial charge on any atom is -0.465 e. The van der Waals surface area contributed by atoms with Crippen LogP contribution in [0.3, 0.4) is 0 Å². The van der Waals surface area contributed by atoms with Crippen molar-refractivity contribution in [1.82, 2.24) is 20.9 Å². The van der Waals surface area contributed by atoms with Crippen molar-refractivity contribution in [2.75, 3.05) is 44.4 Å². The van der Waals surface area contributed by atoms with Gasteiger partial charge in [0.05, 0.1) is 32.1 Å². The smallest absolute Gasteiger partial charge is 0.325 e. The van der Waals surface area contributed by atoms with Crippen molar-refractivity contribution in [3.8, 4) is 0 Å². The largest absolute Gasteiger partial charge is 0.465 e. The van der Waals surface area contributed by atoms with Gasteiger partial charge in [-0.2, -0.15) is 0 Å². The number of amides is 3. The fraction of sp³-hybridized carbons (Fsp3) is 0.432. The van der Waals surface area contributed by atoms with Crippen LogP contribution in [0.15, 0.2) is 78.9 Å². The molecule has 12 heteroatoms. The number of piperidine rings is 1. The van der Waals surface area contributed by atoms with E-state index in [1.165, 1.54) is 0 Å². The molecule has 0 radical (unpaired) electrons. The highest BCUT2D eigenvalue weighted by atomic mass is 16.7. The Balaban J connectivity index is 1.10. The molecule has 3 atom stereocenters. The second kappa shape index (κ2) is 15.8. The van der Waals surface area contributed by atoms with Gasteiger partial charge in [0.15, 0.2) is 6.29 Å². The average molecular weight is 672 g/mol. The van der Waals surface area contributed by atoms with Gasteiger partial charge in [-0.25, -0.2) is 4.79 Å². The van der Waals surface area contributed by atoms with E-state index in [-0.39, 0.29) is 44.4 Å². The predicted molar refractivity (Wildman–Crippen MR) is 182 cm³/mol. The van der Waals surface area contributed by atoms with Crippen LogP contribution in [0.5, 0.6) is 0 Å². The van der Waals surface area contributed by atoms with Crippen molar-refractivity contribution < 1.29 is 33.7 Å². The first-order valence-electron chi connectivity index (χ1n) is 17.0. The Bertz CT molecular complexity index is 1560. The summed E-state index contributed by atoms with van der Waals surface area (Å²) in [5.41, 5.74) is 4.09. The Morgan fingerprint density at radius 1 is 0.939 bits per heavy atom. The van der Waals surface area contributed by atoms with Gasteiger partial charge in [0.25, 0.3) is 0 Å². The molecule has 3 aliphatic rings. The molecule has 3 aromatic carbocycles. The van der Waals surface area contributed by atoms with Crippen LogP contribution in [0.2, 0.25) is 0 Å². The maximum atomic E-state index is 13.2. The number of benzene rings is 3. The first-order chi connectivity index (χ1) is 23.9. The van der Waals surface area contributed by atoms with Gasteiger partial charge in [0.2, 0.25) is 5.91 Å². The third-order valence-corrected chi connectivity index (χ3v) is 9.57. The number of urea groups is 1. The second-order valence-electron chi connectivity index (χ2n) is 12.7. The van der Waals surface area contributed by atoms with Gasteiger partial charge in [-0.15, -0.1) is 0 Å². The van der Waals surface area contributed by atoms with Gasteiger partial charge in [0, 0.05) is 43.9 Å². The van der Waals surface area contributed by atoms with Crippen molar-refractivity contribution in [2.24, 2.45) is 0 Å². The number of ether oxygens (including phenoxy) is 3. The fourth-order valence-corrected chi connectivity index (χ4v) is 6.86. The minimum atomic E-state index is -0.610. The fourth-order valence-electron chi connectivity index (χ4n) is 6.86. The lowest BCUT2D eigenvalue weighted by molar-refractivity contribution is -0.253. The Kier molecular flexibility index (Phi) is 11.1. The summed E-state index contributed by atoms with van der Waals surface area (Å²) in [4.78, 5) is 41.4. The molecule has 3 amide bonds. The van der Waals surface area contributed by atoms with E-state index in [1.807, 2.05) is 66.7 Å². The molecule has 3 heterocycles. The lowest BCUT2D eigenvalue weighted by Crippen LogP contribution is -2.57. The number of carbonyl (C=O) groups excluding carboxylic acids is 3. The van der Waals surface area contributed by atoms with Gasteiger partial charge in [-0.3, -0.25) is 9.59 Å². The highest BCUT2D eigenvalue weighted by molar-refractivity contribution is 5.93. The van der Waals surface area contributed by atoms with Crippen LogP contribution in [0, 0.1) is 0 Å².